The third-order valence-corrected chi connectivity index (χ3v) is 5.42. The average Bonchev–Trinajstić information content (AvgIpc) is 2.36. The van der Waals surface area contributed by atoms with Crippen molar-refractivity contribution < 1.29 is 8.42 Å². The first-order valence-electron chi connectivity index (χ1n) is 5.85. The smallest absolute Gasteiger partial charge is 0.261 e. The highest BCUT2D eigenvalue weighted by molar-refractivity contribution is 9.10. The Labute approximate surface area is 132 Å². The second kappa shape index (κ2) is 5.76. The monoisotopic (exact) mass is 373 g/mol. The number of nitrogens with one attached hydrogen (secondary N) is 1. The average molecular weight is 375 g/mol. The minimum absolute atomic E-state index is 0.224. The summed E-state index contributed by atoms with van der Waals surface area (Å²) in [5.41, 5.74) is 2.27. The van der Waals surface area contributed by atoms with Crippen molar-refractivity contribution in [3.63, 3.8) is 0 Å². The van der Waals surface area contributed by atoms with Crippen LogP contribution in [0.5, 0.6) is 0 Å². The zero-order chi connectivity index (χ0) is 14.9. The fourth-order valence-corrected chi connectivity index (χ4v) is 3.42. The number of hydrogen-bond donors (Lipinski definition) is 1. The van der Waals surface area contributed by atoms with Crippen LogP contribution in [0, 0.1) is 13.8 Å². The van der Waals surface area contributed by atoms with Crippen molar-refractivity contribution in [2.45, 2.75) is 18.7 Å². The summed E-state index contributed by atoms with van der Waals surface area (Å²) in [7, 11) is -3.61. The maximum absolute atomic E-state index is 12.3. The molecule has 106 valence electrons. The Balaban J connectivity index is 2.38. The molecule has 0 saturated heterocycles. The van der Waals surface area contributed by atoms with Crippen molar-refractivity contribution in [1.29, 1.82) is 0 Å². The summed E-state index contributed by atoms with van der Waals surface area (Å²) in [5.74, 6) is 0. The van der Waals surface area contributed by atoms with Crippen molar-refractivity contribution in [2.24, 2.45) is 0 Å². The molecule has 0 spiro atoms. The summed E-state index contributed by atoms with van der Waals surface area (Å²) in [6.07, 6.45) is 0. The molecule has 0 aliphatic carbocycles. The van der Waals surface area contributed by atoms with Crippen molar-refractivity contribution in [1.82, 2.24) is 0 Å². The normalized spacial score (nSPS) is 11.4. The lowest BCUT2D eigenvalue weighted by Gasteiger charge is -2.12. The number of aryl methyl sites for hydroxylation is 2. The predicted molar refractivity (Wildman–Crippen MR) is 85.9 cm³/mol. The van der Waals surface area contributed by atoms with Gasteiger partial charge in [-0.2, -0.15) is 0 Å². The molecule has 0 fully saturated rings. The Hall–Kier alpha value is -1.04. The first-order valence-corrected chi connectivity index (χ1v) is 8.50. The van der Waals surface area contributed by atoms with Gasteiger partial charge in [-0.1, -0.05) is 29.3 Å². The zero-order valence-electron chi connectivity index (χ0n) is 10.9. The highest BCUT2D eigenvalue weighted by atomic mass is 79.9. The van der Waals surface area contributed by atoms with Gasteiger partial charge in [0.2, 0.25) is 0 Å². The van der Waals surface area contributed by atoms with Crippen molar-refractivity contribution in [3.8, 4) is 0 Å². The van der Waals surface area contributed by atoms with Gasteiger partial charge in [0, 0.05) is 4.47 Å². The highest BCUT2D eigenvalue weighted by Crippen LogP contribution is 2.30. The number of rotatable bonds is 3. The van der Waals surface area contributed by atoms with Gasteiger partial charge in [0.1, 0.15) is 0 Å². The van der Waals surface area contributed by atoms with E-state index in [1.54, 1.807) is 36.4 Å². The lowest BCUT2D eigenvalue weighted by molar-refractivity contribution is 0.601. The van der Waals surface area contributed by atoms with E-state index in [9.17, 15) is 8.42 Å². The van der Waals surface area contributed by atoms with Gasteiger partial charge in [-0.15, -0.1) is 0 Å². The second-order valence-electron chi connectivity index (χ2n) is 4.50. The minimum atomic E-state index is -3.61. The zero-order valence-corrected chi connectivity index (χ0v) is 14.1. The van der Waals surface area contributed by atoms with Crippen LogP contribution in [0.25, 0.3) is 0 Å². The highest BCUT2D eigenvalue weighted by Gasteiger charge is 2.15. The van der Waals surface area contributed by atoms with E-state index in [2.05, 4.69) is 20.7 Å². The molecular formula is C14H13BrClNO2S. The van der Waals surface area contributed by atoms with Crippen LogP contribution in [0.1, 0.15) is 11.1 Å². The molecular weight excluding hydrogens is 362 g/mol. The second-order valence-corrected chi connectivity index (χ2v) is 7.44. The van der Waals surface area contributed by atoms with Gasteiger partial charge in [-0.3, -0.25) is 4.72 Å². The van der Waals surface area contributed by atoms with Crippen molar-refractivity contribution in [3.05, 3.63) is 57.0 Å². The topological polar surface area (TPSA) is 46.2 Å². The van der Waals surface area contributed by atoms with E-state index in [-0.39, 0.29) is 4.90 Å². The van der Waals surface area contributed by atoms with Crippen molar-refractivity contribution >= 4 is 43.2 Å². The standard InChI is InChI=1S/C14H13BrClNO2S/c1-9-3-5-11(6-4-9)20(18,19)17-14-8-13(16)12(15)7-10(14)2/h3-8,17H,1-2H3. The lowest BCUT2D eigenvalue weighted by atomic mass is 10.2. The molecule has 0 bridgehead atoms. The van der Waals surface area contributed by atoms with Gasteiger partial charge in [0.15, 0.2) is 0 Å². The fourth-order valence-electron chi connectivity index (χ4n) is 1.68. The molecule has 1 N–H and O–H groups in total. The van der Waals surface area contributed by atoms with Crippen LogP contribution >= 0.6 is 27.5 Å². The van der Waals surface area contributed by atoms with Crippen LogP contribution in [-0.2, 0) is 10.0 Å². The fraction of sp³-hybridized carbons (Fsp3) is 0.143. The summed E-state index contributed by atoms with van der Waals surface area (Å²) in [5, 5.41) is 0.456. The maximum atomic E-state index is 12.3. The third-order valence-electron chi connectivity index (χ3n) is 2.84. The first-order chi connectivity index (χ1) is 9.29. The molecule has 0 amide bonds. The molecule has 2 aromatic carbocycles. The van der Waals surface area contributed by atoms with Gasteiger partial charge >= 0.3 is 0 Å². The van der Waals surface area contributed by atoms with Crippen LogP contribution in [0.15, 0.2) is 45.8 Å². The van der Waals surface area contributed by atoms with Gasteiger partial charge in [-0.05, 0) is 59.6 Å². The molecule has 0 saturated carbocycles. The molecule has 0 atom stereocenters. The van der Waals surface area contributed by atoms with E-state index >= 15 is 0 Å². The summed E-state index contributed by atoms with van der Waals surface area (Å²) in [6, 6.07) is 10.0. The minimum Gasteiger partial charge on any atom is -0.279 e. The molecule has 0 aliphatic rings. The molecule has 6 heteroatoms. The Kier molecular flexibility index (Phi) is 4.42. The van der Waals surface area contributed by atoms with E-state index in [1.165, 1.54) is 0 Å². The van der Waals surface area contributed by atoms with E-state index in [0.29, 0.717) is 10.7 Å². The molecule has 20 heavy (non-hydrogen) atoms. The molecule has 3 nitrogen and oxygen atoms in total. The number of sulfonamides is 1. The van der Waals surface area contributed by atoms with E-state index in [1.807, 2.05) is 13.8 Å². The Morgan fingerprint density at radius 3 is 2.30 bits per heavy atom. The van der Waals surface area contributed by atoms with Crippen LogP contribution in [0.4, 0.5) is 5.69 Å². The van der Waals surface area contributed by atoms with E-state index in [4.69, 9.17) is 11.6 Å². The summed E-state index contributed by atoms with van der Waals surface area (Å²) < 4.78 is 27.9. The number of halogens is 2. The molecule has 0 aromatic heterocycles. The first kappa shape index (κ1) is 15.4. The van der Waals surface area contributed by atoms with E-state index in [0.717, 1.165) is 15.6 Å². The van der Waals surface area contributed by atoms with Gasteiger partial charge in [0.05, 0.1) is 15.6 Å². The van der Waals surface area contributed by atoms with Crippen LogP contribution in [0.2, 0.25) is 5.02 Å². The van der Waals surface area contributed by atoms with Crippen LogP contribution in [0.3, 0.4) is 0 Å². The molecule has 0 aliphatic heterocycles. The molecule has 2 aromatic rings. The number of anilines is 1. The Morgan fingerprint density at radius 2 is 1.70 bits per heavy atom. The third kappa shape index (κ3) is 3.34. The summed E-state index contributed by atoms with van der Waals surface area (Å²) in [6.45, 7) is 3.72. The van der Waals surface area contributed by atoms with Gasteiger partial charge < -0.3 is 0 Å². The summed E-state index contributed by atoms with van der Waals surface area (Å²) >= 11 is 9.30. The van der Waals surface area contributed by atoms with Crippen LogP contribution < -0.4 is 4.72 Å². The number of hydrogen-bond acceptors (Lipinski definition) is 2. The van der Waals surface area contributed by atoms with E-state index < -0.39 is 10.0 Å². The molecule has 0 unspecified atom stereocenters. The number of benzene rings is 2. The lowest BCUT2D eigenvalue weighted by Crippen LogP contribution is -2.13. The molecule has 0 heterocycles. The largest absolute Gasteiger partial charge is 0.279 e. The van der Waals surface area contributed by atoms with Gasteiger partial charge in [-0.25, -0.2) is 8.42 Å². The molecule has 2 rings (SSSR count). The Bertz CT molecular complexity index is 743. The summed E-state index contributed by atoms with van der Waals surface area (Å²) in [4.78, 5) is 0.224. The van der Waals surface area contributed by atoms with Gasteiger partial charge in [0.25, 0.3) is 10.0 Å². The SMILES string of the molecule is Cc1ccc(S(=O)(=O)Nc2cc(Cl)c(Br)cc2C)cc1. The van der Waals surface area contributed by atoms with Crippen LogP contribution in [-0.4, -0.2) is 8.42 Å². The predicted octanol–water partition coefficient (Wildman–Crippen LogP) is 4.52. The quantitative estimate of drug-likeness (QED) is 0.858. The van der Waals surface area contributed by atoms with Crippen molar-refractivity contribution in [2.75, 3.05) is 4.72 Å². The molecule has 0 radical (unpaired) electrons. The Morgan fingerprint density at radius 1 is 1.10 bits per heavy atom. The maximum Gasteiger partial charge on any atom is 0.261 e.